The van der Waals surface area contributed by atoms with Gasteiger partial charge in [-0.2, -0.15) is 0 Å². The van der Waals surface area contributed by atoms with Crippen molar-refractivity contribution in [2.75, 3.05) is 19.5 Å². The number of hydrogen-bond acceptors (Lipinski definition) is 5. The average Bonchev–Trinajstić information content (AvgIpc) is 2.56. The first-order valence-electron chi connectivity index (χ1n) is 7.14. The molecule has 1 aromatic heterocycles. The van der Waals surface area contributed by atoms with Gasteiger partial charge in [0.1, 0.15) is 18.0 Å². The molecular formula is C16H19N3O4. The Balaban J connectivity index is 2.12. The summed E-state index contributed by atoms with van der Waals surface area (Å²) in [5.74, 6) is 0.782. The zero-order valence-corrected chi connectivity index (χ0v) is 13.3. The first kappa shape index (κ1) is 16.5. The SMILES string of the molecule is CCc1cc(=O)n(CC(=O)Nc2cc(OC)cc(OC)c2)cn1. The second-order valence-corrected chi connectivity index (χ2v) is 4.85. The number of rotatable bonds is 6. The maximum atomic E-state index is 12.1. The van der Waals surface area contributed by atoms with E-state index < -0.39 is 0 Å². The van der Waals surface area contributed by atoms with Crippen LogP contribution in [0, 0.1) is 0 Å². The molecule has 23 heavy (non-hydrogen) atoms. The lowest BCUT2D eigenvalue weighted by Gasteiger charge is -2.10. The highest BCUT2D eigenvalue weighted by molar-refractivity contribution is 5.91. The summed E-state index contributed by atoms with van der Waals surface area (Å²) < 4.78 is 11.5. The van der Waals surface area contributed by atoms with Gasteiger partial charge >= 0.3 is 0 Å². The van der Waals surface area contributed by atoms with Gasteiger partial charge in [0, 0.05) is 35.6 Å². The molecule has 0 bridgehead atoms. The summed E-state index contributed by atoms with van der Waals surface area (Å²) in [4.78, 5) is 28.1. The highest BCUT2D eigenvalue weighted by atomic mass is 16.5. The smallest absolute Gasteiger partial charge is 0.253 e. The van der Waals surface area contributed by atoms with Gasteiger partial charge in [-0.15, -0.1) is 0 Å². The number of carbonyl (C=O) groups excluding carboxylic acids is 1. The Morgan fingerprint density at radius 2 is 1.83 bits per heavy atom. The number of hydrogen-bond donors (Lipinski definition) is 1. The quantitative estimate of drug-likeness (QED) is 0.872. The van der Waals surface area contributed by atoms with E-state index in [9.17, 15) is 9.59 Å². The standard InChI is InChI=1S/C16H19N3O4/c1-4-11-7-16(21)19(10-17-11)9-15(20)18-12-5-13(22-2)8-14(6-12)23-3/h5-8,10H,4,9H2,1-3H3,(H,18,20). The largest absolute Gasteiger partial charge is 0.497 e. The van der Waals surface area contributed by atoms with E-state index in [4.69, 9.17) is 9.47 Å². The van der Waals surface area contributed by atoms with E-state index in [0.717, 1.165) is 0 Å². The van der Waals surface area contributed by atoms with Crippen molar-refractivity contribution >= 4 is 11.6 Å². The molecule has 1 amide bonds. The summed E-state index contributed by atoms with van der Waals surface area (Å²) in [6.45, 7) is 1.80. The number of nitrogens with zero attached hydrogens (tertiary/aromatic N) is 2. The highest BCUT2D eigenvalue weighted by Gasteiger charge is 2.08. The molecule has 7 heteroatoms. The lowest BCUT2D eigenvalue weighted by Crippen LogP contribution is -2.27. The zero-order valence-electron chi connectivity index (χ0n) is 13.3. The Bertz CT molecular complexity index is 733. The van der Waals surface area contributed by atoms with Crippen LogP contribution < -0.4 is 20.3 Å². The number of nitrogens with one attached hydrogen (secondary N) is 1. The van der Waals surface area contributed by atoms with Gasteiger partial charge in [-0.3, -0.25) is 14.2 Å². The van der Waals surface area contributed by atoms with E-state index in [1.807, 2.05) is 6.92 Å². The van der Waals surface area contributed by atoms with Crippen LogP contribution in [0.1, 0.15) is 12.6 Å². The van der Waals surface area contributed by atoms with Crippen molar-refractivity contribution in [1.82, 2.24) is 9.55 Å². The number of carbonyl (C=O) groups is 1. The molecule has 0 saturated carbocycles. The number of methoxy groups -OCH3 is 2. The monoisotopic (exact) mass is 317 g/mol. The fraction of sp³-hybridized carbons (Fsp3) is 0.312. The van der Waals surface area contributed by atoms with Crippen LogP contribution in [-0.4, -0.2) is 29.7 Å². The van der Waals surface area contributed by atoms with Crippen molar-refractivity contribution < 1.29 is 14.3 Å². The highest BCUT2D eigenvalue weighted by Crippen LogP contribution is 2.25. The van der Waals surface area contributed by atoms with Gasteiger partial charge in [0.05, 0.1) is 20.5 Å². The second-order valence-electron chi connectivity index (χ2n) is 4.85. The van der Waals surface area contributed by atoms with Crippen molar-refractivity contribution in [3.05, 3.63) is 46.6 Å². The van der Waals surface area contributed by atoms with E-state index in [1.165, 1.54) is 31.2 Å². The van der Waals surface area contributed by atoms with Crippen molar-refractivity contribution in [1.29, 1.82) is 0 Å². The second kappa shape index (κ2) is 7.44. The van der Waals surface area contributed by atoms with E-state index in [0.29, 0.717) is 29.3 Å². The van der Waals surface area contributed by atoms with Gasteiger partial charge in [-0.1, -0.05) is 6.92 Å². The Hall–Kier alpha value is -2.83. The van der Waals surface area contributed by atoms with Crippen LogP contribution in [0.2, 0.25) is 0 Å². The molecule has 1 aromatic carbocycles. The van der Waals surface area contributed by atoms with E-state index >= 15 is 0 Å². The minimum Gasteiger partial charge on any atom is -0.497 e. The molecule has 0 radical (unpaired) electrons. The molecule has 122 valence electrons. The van der Waals surface area contributed by atoms with Crippen LogP contribution in [0.15, 0.2) is 35.4 Å². The Labute approximate surface area is 133 Å². The van der Waals surface area contributed by atoms with Gasteiger partial charge in [0.15, 0.2) is 0 Å². The molecule has 0 unspecified atom stereocenters. The third-order valence-electron chi connectivity index (χ3n) is 3.25. The van der Waals surface area contributed by atoms with Gasteiger partial charge < -0.3 is 14.8 Å². The molecule has 2 aromatic rings. The molecule has 0 atom stereocenters. The Morgan fingerprint density at radius 1 is 1.17 bits per heavy atom. The van der Waals surface area contributed by atoms with Crippen LogP contribution in [-0.2, 0) is 17.8 Å². The predicted molar refractivity (Wildman–Crippen MR) is 86.1 cm³/mol. The summed E-state index contributed by atoms with van der Waals surface area (Å²) in [6.07, 6.45) is 2.05. The number of benzene rings is 1. The van der Waals surface area contributed by atoms with Crippen LogP contribution in [0.3, 0.4) is 0 Å². The normalized spacial score (nSPS) is 10.2. The fourth-order valence-corrected chi connectivity index (χ4v) is 2.01. The van der Waals surface area contributed by atoms with Crippen molar-refractivity contribution in [2.45, 2.75) is 19.9 Å². The maximum absolute atomic E-state index is 12.1. The van der Waals surface area contributed by atoms with E-state index in [2.05, 4.69) is 10.3 Å². The molecule has 0 aliphatic carbocycles. The van der Waals surface area contributed by atoms with Gasteiger partial charge in [0.25, 0.3) is 5.56 Å². The molecule has 2 rings (SSSR count). The minimum absolute atomic E-state index is 0.116. The molecule has 0 fully saturated rings. The summed E-state index contributed by atoms with van der Waals surface area (Å²) in [6, 6.07) is 6.47. The molecule has 7 nitrogen and oxygen atoms in total. The molecule has 1 N–H and O–H groups in total. The first-order chi connectivity index (χ1) is 11.0. The predicted octanol–water partition coefficient (Wildman–Crippen LogP) is 1.46. The Morgan fingerprint density at radius 3 is 2.35 bits per heavy atom. The Kier molecular flexibility index (Phi) is 5.35. The van der Waals surface area contributed by atoms with Crippen LogP contribution in [0.5, 0.6) is 11.5 Å². The summed E-state index contributed by atoms with van der Waals surface area (Å²) in [5.41, 5.74) is 0.969. The van der Waals surface area contributed by atoms with Gasteiger partial charge in [0.2, 0.25) is 5.91 Å². The van der Waals surface area contributed by atoms with Crippen LogP contribution >= 0.6 is 0 Å². The van der Waals surface area contributed by atoms with Crippen LogP contribution in [0.4, 0.5) is 5.69 Å². The van der Waals surface area contributed by atoms with E-state index in [-0.39, 0.29) is 18.0 Å². The zero-order chi connectivity index (χ0) is 16.8. The minimum atomic E-state index is -0.339. The molecule has 0 aliphatic rings. The van der Waals surface area contributed by atoms with Crippen LogP contribution in [0.25, 0.3) is 0 Å². The number of aryl methyl sites for hydroxylation is 1. The third kappa shape index (κ3) is 4.32. The molecular weight excluding hydrogens is 298 g/mol. The average molecular weight is 317 g/mol. The summed E-state index contributed by atoms with van der Waals surface area (Å²) in [7, 11) is 3.06. The summed E-state index contributed by atoms with van der Waals surface area (Å²) in [5, 5.41) is 2.71. The topological polar surface area (TPSA) is 82.5 Å². The molecule has 0 saturated heterocycles. The third-order valence-corrected chi connectivity index (χ3v) is 3.25. The number of ether oxygens (including phenoxy) is 2. The van der Waals surface area contributed by atoms with Crippen molar-refractivity contribution in [3.63, 3.8) is 0 Å². The lowest BCUT2D eigenvalue weighted by atomic mass is 10.2. The summed E-state index contributed by atoms with van der Waals surface area (Å²) >= 11 is 0. The van der Waals surface area contributed by atoms with Gasteiger partial charge in [-0.05, 0) is 6.42 Å². The number of aromatic nitrogens is 2. The van der Waals surface area contributed by atoms with E-state index in [1.54, 1.807) is 18.2 Å². The maximum Gasteiger partial charge on any atom is 0.253 e. The molecule has 1 heterocycles. The molecule has 0 aliphatic heterocycles. The number of anilines is 1. The molecule has 0 spiro atoms. The number of amides is 1. The van der Waals surface area contributed by atoms with Crippen molar-refractivity contribution in [2.24, 2.45) is 0 Å². The van der Waals surface area contributed by atoms with Crippen molar-refractivity contribution in [3.8, 4) is 11.5 Å². The van der Waals surface area contributed by atoms with Gasteiger partial charge in [-0.25, -0.2) is 4.98 Å². The first-order valence-corrected chi connectivity index (χ1v) is 7.14. The fourth-order valence-electron chi connectivity index (χ4n) is 2.01. The lowest BCUT2D eigenvalue weighted by molar-refractivity contribution is -0.116.